The number of piperidine rings is 1. The van der Waals surface area contributed by atoms with Crippen LogP contribution in [0.5, 0.6) is 0 Å². The first-order valence-electron chi connectivity index (χ1n) is 11.1. The minimum absolute atomic E-state index is 0.330. The van der Waals surface area contributed by atoms with E-state index in [4.69, 9.17) is 4.74 Å². The molecule has 1 heterocycles. The van der Waals surface area contributed by atoms with Crippen molar-refractivity contribution in [2.75, 3.05) is 39.4 Å². The minimum Gasteiger partial charge on any atom is -0.389 e. The average molecular weight is 405 g/mol. The van der Waals surface area contributed by atoms with Crippen LogP contribution in [0.25, 0.3) is 0 Å². The van der Waals surface area contributed by atoms with Crippen molar-refractivity contribution >= 4 is 5.96 Å². The summed E-state index contributed by atoms with van der Waals surface area (Å²) in [7, 11) is 0. The van der Waals surface area contributed by atoms with Gasteiger partial charge in [-0.05, 0) is 38.2 Å². The Labute approximate surface area is 176 Å². The van der Waals surface area contributed by atoms with Crippen LogP contribution in [-0.2, 0) is 4.74 Å². The summed E-state index contributed by atoms with van der Waals surface area (Å²) in [5.41, 5.74) is 1.38. The molecule has 1 aromatic carbocycles. The fourth-order valence-electron chi connectivity index (χ4n) is 3.58. The molecule has 1 saturated heterocycles. The smallest absolute Gasteiger partial charge is 0.191 e. The molecule has 6 heteroatoms. The van der Waals surface area contributed by atoms with E-state index in [9.17, 15) is 5.11 Å². The van der Waals surface area contributed by atoms with Gasteiger partial charge in [-0.1, -0.05) is 44.2 Å². The van der Waals surface area contributed by atoms with E-state index < -0.39 is 6.10 Å². The molecule has 1 fully saturated rings. The summed E-state index contributed by atoms with van der Waals surface area (Å²) in [6, 6.07) is 11.6. The van der Waals surface area contributed by atoms with Gasteiger partial charge < -0.3 is 20.5 Å². The zero-order chi connectivity index (χ0) is 21.1. The van der Waals surface area contributed by atoms with Crippen molar-refractivity contribution in [3.05, 3.63) is 35.9 Å². The van der Waals surface area contributed by atoms with Crippen LogP contribution < -0.4 is 10.6 Å². The lowest BCUT2D eigenvalue weighted by Gasteiger charge is -2.37. The summed E-state index contributed by atoms with van der Waals surface area (Å²) in [6.45, 7) is 12.8. The zero-order valence-electron chi connectivity index (χ0n) is 18.6. The molecule has 0 aliphatic carbocycles. The molecule has 0 spiro atoms. The molecule has 0 saturated carbocycles. The summed E-state index contributed by atoms with van der Waals surface area (Å²) in [6.07, 6.45) is 1.60. The number of rotatable bonds is 10. The topological polar surface area (TPSA) is 69.1 Å². The number of benzene rings is 1. The maximum atomic E-state index is 10.1. The molecule has 1 aliphatic heterocycles. The molecule has 2 unspecified atom stereocenters. The number of hydrogen-bond acceptors (Lipinski definition) is 4. The molecule has 0 aromatic heterocycles. The molecular formula is C23H40N4O2. The zero-order valence-corrected chi connectivity index (χ0v) is 18.6. The van der Waals surface area contributed by atoms with Crippen molar-refractivity contribution in [1.82, 2.24) is 15.5 Å². The first-order valence-corrected chi connectivity index (χ1v) is 11.1. The number of ether oxygens (including phenoxy) is 1. The second-order valence-corrected chi connectivity index (χ2v) is 8.35. The SMILES string of the molecule is CCNC(=NCC(O)COCC(C)C)NC1CCN(C(C)c2ccccc2)CC1. The summed E-state index contributed by atoms with van der Waals surface area (Å²) in [4.78, 5) is 7.11. The summed E-state index contributed by atoms with van der Waals surface area (Å²) in [5, 5.41) is 16.9. The molecule has 3 N–H and O–H groups in total. The molecular weight excluding hydrogens is 364 g/mol. The summed E-state index contributed by atoms with van der Waals surface area (Å²) >= 11 is 0. The van der Waals surface area contributed by atoms with Gasteiger partial charge in [0.25, 0.3) is 0 Å². The van der Waals surface area contributed by atoms with Crippen molar-refractivity contribution in [3.8, 4) is 0 Å². The van der Waals surface area contributed by atoms with Crippen molar-refractivity contribution in [3.63, 3.8) is 0 Å². The van der Waals surface area contributed by atoms with Crippen molar-refractivity contribution in [1.29, 1.82) is 0 Å². The third kappa shape index (κ3) is 8.72. The monoisotopic (exact) mass is 404 g/mol. The third-order valence-corrected chi connectivity index (χ3v) is 5.27. The Bertz CT molecular complexity index is 586. The van der Waals surface area contributed by atoms with Gasteiger partial charge in [0.05, 0.1) is 19.3 Å². The second kappa shape index (κ2) is 12.8. The maximum absolute atomic E-state index is 10.1. The Kier molecular flexibility index (Phi) is 10.5. The predicted molar refractivity (Wildman–Crippen MR) is 120 cm³/mol. The standard InChI is InChI=1S/C23H40N4O2/c1-5-24-23(25-15-22(28)17-29-16-18(2)3)26-21-11-13-27(14-12-21)19(4)20-9-7-6-8-10-20/h6-10,18-19,21-22,28H,5,11-17H2,1-4H3,(H2,24,25,26). The lowest BCUT2D eigenvalue weighted by atomic mass is 10.0. The minimum atomic E-state index is -0.572. The van der Waals surface area contributed by atoms with Gasteiger partial charge in [0.2, 0.25) is 0 Å². The number of aliphatic hydroxyl groups excluding tert-OH is 1. The molecule has 1 aliphatic rings. The van der Waals surface area contributed by atoms with E-state index in [1.807, 2.05) is 0 Å². The van der Waals surface area contributed by atoms with Gasteiger partial charge in [0.15, 0.2) is 5.96 Å². The van der Waals surface area contributed by atoms with Crippen LogP contribution in [0.4, 0.5) is 0 Å². The van der Waals surface area contributed by atoms with Crippen LogP contribution >= 0.6 is 0 Å². The highest BCUT2D eigenvalue weighted by atomic mass is 16.5. The molecule has 29 heavy (non-hydrogen) atoms. The Hall–Kier alpha value is -1.63. The second-order valence-electron chi connectivity index (χ2n) is 8.35. The number of aliphatic imine (C=N–C) groups is 1. The molecule has 2 atom stereocenters. The van der Waals surface area contributed by atoms with Gasteiger partial charge in [-0.2, -0.15) is 0 Å². The Balaban J connectivity index is 1.78. The number of guanidine groups is 1. The van der Waals surface area contributed by atoms with Gasteiger partial charge in [-0.3, -0.25) is 9.89 Å². The number of nitrogens with one attached hydrogen (secondary N) is 2. The van der Waals surface area contributed by atoms with Gasteiger partial charge in [-0.15, -0.1) is 0 Å². The predicted octanol–water partition coefficient (Wildman–Crippen LogP) is 2.80. The number of likely N-dealkylation sites (tertiary alicyclic amines) is 1. The largest absolute Gasteiger partial charge is 0.389 e. The van der Waals surface area contributed by atoms with E-state index in [0.717, 1.165) is 38.4 Å². The molecule has 0 radical (unpaired) electrons. The van der Waals surface area contributed by atoms with Crippen molar-refractivity contribution < 1.29 is 9.84 Å². The van der Waals surface area contributed by atoms with E-state index in [-0.39, 0.29) is 0 Å². The van der Waals surface area contributed by atoms with E-state index in [1.165, 1.54) is 5.56 Å². The van der Waals surface area contributed by atoms with E-state index in [1.54, 1.807) is 0 Å². The molecule has 0 bridgehead atoms. The van der Waals surface area contributed by atoms with Crippen LogP contribution in [-0.4, -0.2) is 67.5 Å². The van der Waals surface area contributed by atoms with Crippen LogP contribution in [0.2, 0.25) is 0 Å². The third-order valence-electron chi connectivity index (χ3n) is 5.27. The Morgan fingerprint density at radius 2 is 1.86 bits per heavy atom. The first kappa shape index (κ1) is 23.6. The molecule has 6 nitrogen and oxygen atoms in total. The number of hydrogen-bond donors (Lipinski definition) is 3. The highest BCUT2D eigenvalue weighted by Gasteiger charge is 2.24. The van der Waals surface area contributed by atoms with Crippen molar-refractivity contribution in [2.45, 2.75) is 58.7 Å². The lowest BCUT2D eigenvalue weighted by molar-refractivity contribution is 0.0301. The van der Waals surface area contributed by atoms with Gasteiger partial charge >= 0.3 is 0 Å². The van der Waals surface area contributed by atoms with E-state index >= 15 is 0 Å². The van der Waals surface area contributed by atoms with E-state index in [2.05, 4.69) is 78.6 Å². The normalized spacial score (nSPS) is 18.6. The quantitative estimate of drug-likeness (QED) is 0.413. The van der Waals surface area contributed by atoms with Crippen molar-refractivity contribution in [2.24, 2.45) is 10.9 Å². The summed E-state index contributed by atoms with van der Waals surface area (Å²) < 4.78 is 5.50. The van der Waals surface area contributed by atoms with Gasteiger partial charge in [-0.25, -0.2) is 0 Å². The Morgan fingerprint density at radius 3 is 2.48 bits per heavy atom. The van der Waals surface area contributed by atoms with Crippen LogP contribution in [0.1, 0.15) is 52.1 Å². The highest BCUT2D eigenvalue weighted by Crippen LogP contribution is 2.23. The van der Waals surface area contributed by atoms with Crippen LogP contribution in [0.15, 0.2) is 35.3 Å². The molecule has 2 rings (SSSR count). The number of aliphatic hydroxyl groups is 1. The molecule has 1 aromatic rings. The average Bonchev–Trinajstić information content (AvgIpc) is 2.72. The highest BCUT2D eigenvalue weighted by molar-refractivity contribution is 5.80. The van der Waals surface area contributed by atoms with Gasteiger partial charge in [0.1, 0.15) is 0 Å². The van der Waals surface area contributed by atoms with Crippen LogP contribution in [0, 0.1) is 5.92 Å². The first-order chi connectivity index (χ1) is 14.0. The lowest BCUT2D eigenvalue weighted by Crippen LogP contribution is -2.49. The fraction of sp³-hybridized carbons (Fsp3) is 0.696. The maximum Gasteiger partial charge on any atom is 0.191 e. The van der Waals surface area contributed by atoms with Crippen LogP contribution in [0.3, 0.4) is 0 Å². The fourth-order valence-corrected chi connectivity index (χ4v) is 3.58. The number of nitrogens with zero attached hydrogens (tertiary/aromatic N) is 2. The molecule has 164 valence electrons. The Morgan fingerprint density at radius 1 is 1.17 bits per heavy atom. The summed E-state index contributed by atoms with van der Waals surface area (Å²) in [5.74, 6) is 1.25. The molecule has 0 amide bonds. The van der Waals surface area contributed by atoms with Gasteiger partial charge in [0, 0.05) is 38.3 Å². The van der Waals surface area contributed by atoms with E-state index in [0.29, 0.717) is 37.8 Å².